The van der Waals surface area contributed by atoms with Gasteiger partial charge in [-0.3, -0.25) is 4.79 Å². The zero-order chi connectivity index (χ0) is 17.8. The maximum atomic E-state index is 12.3. The molecule has 1 atom stereocenters. The van der Waals surface area contributed by atoms with Crippen molar-refractivity contribution in [3.05, 3.63) is 83.9 Å². The number of carbonyl (C=O) groups is 1. The van der Waals surface area contributed by atoms with Gasteiger partial charge in [-0.25, -0.2) is 0 Å². The fourth-order valence-corrected chi connectivity index (χ4v) is 3.90. The SMILES string of the molecule is O=C1N/C(=N\N=C/c2ccccc2)S[C@@H]1Cc1cccc2ccccc12. The number of amidine groups is 1. The second-order valence-electron chi connectivity index (χ2n) is 6.00. The molecule has 0 saturated carbocycles. The topological polar surface area (TPSA) is 53.8 Å². The van der Waals surface area contributed by atoms with Crippen molar-refractivity contribution in [2.75, 3.05) is 0 Å². The minimum absolute atomic E-state index is 0.0170. The van der Waals surface area contributed by atoms with E-state index in [0.717, 1.165) is 5.56 Å². The van der Waals surface area contributed by atoms with E-state index >= 15 is 0 Å². The third kappa shape index (κ3) is 3.68. The van der Waals surface area contributed by atoms with E-state index in [-0.39, 0.29) is 11.2 Å². The van der Waals surface area contributed by atoms with Crippen LogP contribution in [-0.4, -0.2) is 22.5 Å². The third-order valence-corrected chi connectivity index (χ3v) is 5.29. The molecular weight excluding hydrogens is 342 g/mol. The summed E-state index contributed by atoms with van der Waals surface area (Å²) in [5.41, 5.74) is 2.14. The summed E-state index contributed by atoms with van der Waals surface area (Å²) in [6.45, 7) is 0. The zero-order valence-corrected chi connectivity index (χ0v) is 14.8. The van der Waals surface area contributed by atoms with Crippen LogP contribution in [0.15, 0.2) is 83.0 Å². The summed E-state index contributed by atoms with van der Waals surface area (Å²) >= 11 is 1.43. The smallest absolute Gasteiger partial charge is 0.239 e. The first kappa shape index (κ1) is 16.5. The van der Waals surface area contributed by atoms with Crippen LogP contribution in [0.1, 0.15) is 11.1 Å². The van der Waals surface area contributed by atoms with Crippen LogP contribution in [0.25, 0.3) is 10.8 Å². The Balaban J connectivity index is 1.48. The summed E-state index contributed by atoms with van der Waals surface area (Å²) in [7, 11) is 0. The number of hydrogen-bond acceptors (Lipinski definition) is 4. The lowest BCUT2D eigenvalue weighted by atomic mass is 10.0. The van der Waals surface area contributed by atoms with Crippen molar-refractivity contribution in [2.45, 2.75) is 11.7 Å². The van der Waals surface area contributed by atoms with Gasteiger partial charge in [-0.2, -0.15) is 5.10 Å². The van der Waals surface area contributed by atoms with Crippen molar-refractivity contribution in [1.82, 2.24) is 5.32 Å². The van der Waals surface area contributed by atoms with Crippen molar-refractivity contribution in [1.29, 1.82) is 0 Å². The number of rotatable bonds is 4. The number of nitrogens with zero attached hydrogens (tertiary/aromatic N) is 2. The number of carbonyl (C=O) groups excluding carboxylic acids is 1. The fraction of sp³-hybridized carbons (Fsp3) is 0.0952. The Bertz CT molecular complexity index is 993. The molecule has 0 radical (unpaired) electrons. The lowest BCUT2D eigenvalue weighted by Gasteiger charge is -2.09. The second-order valence-corrected chi connectivity index (χ2v) is 7.19. The van der Waals surface area contributed by atoms with E-state index < -0.39 is 0 Å². The van der Waals surface area contributed by atoms with Crippen LogP contribution >= 0.6 is 11.8 Å². The van der Waals surface area contributed by atoms with Gasteiger partial charge in [-0.15, -0.1) is 5.10 Å². The normalized spacial score (nSPS) is 18.7. The highest BCUT2D eigenvalue weighted by molar-refractivity contribution is 8.15. The largest absolute Gasteiger partial charge is 0.303 e. The van der Waals surface area contributed by atoms with E-state index in [2.05, 4.69) is 39.8 Å². The van der Waals surface area contributed by atoms with Gasteiger partial charge in [0.15, 0.2) is 5.17 Å². The van der Waals surface area contributed by atoms with Crippen LogP contribution in [0.4, 0.5) is 0 Å². The van der Waals surface area contributed by atoms with E-state index in [4.69, 9.17) is 0 Å². The summed E-state index contributed by atoms with van der Waals surface area (Å²) in [6, 6.07) is 24.2. The van der Waals surface area contributed by atoms with E-state index in [1.807, 2.05) is 48.5 Å². The summed E-state index contributed by atoms with van der Waals surface area (Å²) < 4.78 is 0. The lowest BCUT2D eigenvalue weighted by molar-refractivity contribution is -0.118. The molecule has 26 heavy (non-hydrogen) atoms. The minimum atomic E-state index is -0.188. The molecule has 1 heterocycles. The molecule has 1 aliphatic rings. The van der Waals surface area contributed by atoms with Crippen LogP contribution in [-0.2, 0) is 11.2 Å². The molecule has 1 saturated heterocycles. The molecule has 0 aliphatic carbocycles. The lowest BCUT2D eigenvalue weighted by Crippen LogP contribution is -2.26. The highest BCUT2D eigenvalue weighted by atomic mass is 32.2. The molecule has 128 valence electrons. The molecule has 1 N–H and O–H groups in total. The Kier molecular flexibility index (Phi) is 4.80. The van der Waals surface area contributed by atoms with Crippen molar-refractivity contribution < 1.29 is 4.79 Å². The Morgan fingerprint density at radius 3 is 2.62 bits per heavy atom. The van der Waals surface area contributed by atoms with E-state index in [9.17, 15) is 4.79 Å². The molecule has 3 aromatic carbocycles. The number of fused-ring (bicyclic) bond motifs is 1. The summed E-state index contributed by atoms with van der Waals surface area (Å²) in [5, 5.41) is 13.8. The molecule has 0 bridgehead atoms. The van der Waals surface area contributed by atoms with Gasteiger partial charge >= 0.3 is 0 Å². The average Bonchev–Trinajstić information content (AvgIpc) is 3.02. The number of thioether (sulfide) groups is 1. The standard InChI is InChI=1S/C21H17N3OS/c25-20-19(13-17-11-6-10-16-9-4-5-12-18(16)17)26-21(23-20)24-22-14-15-7-2-1-3-8-15/h1-12,14,19H,13H2,(H,23,24,25)/b22-14-/t19-/m1/s1. The molecule has 1 amide bonds. The van der Waals surface area contributed by atoms with Crippen LogP contribution in [0.2, 0.25) is 0 Å². The van der Waals surface area contributed by atoms with E-state index in [0.29, 0.717) is 11.6 Å². The number of benzene rings is 3. The predicted molar refractivity (Wildman–Crippen MR) is 109 cm³/mol. The van der Waals surface area contributed by atoms with Gasteiger partial charge in [-0.05, 0) is 28.3 Å². The van der Waals surface area contributed by atoms with Gasteiger partial charge in [0, 0.05) is 0 Å². The first-order valence-electron chi connectivity index (χ1n) is 8.40. The van der Waals surface area contributed by atoms with Gasteiger partial charge in [0.1, 0.15) is 0 Å². The molecular formula is C21H17N3OS. The number of hydrogen-bond donors (Lipinski definition) is 1. The van der Waals surface area contributed by atoms with Gasteiger partial charge in [-0.1, -0.05) is 84.6 Å². The minimum Gasteiger partial charge on any atom is -0.303 e. The van der Waals surface area contributed by atoms with E-state index in [1.165, 1.54) is 28.1 Å². The predicted octanol–water partition coefficient (Wildman–Crippen LogP) is 4.00. The first-order valence-corrected chi connectivity index (χ1v) is 9.28. The number of amides is 1. The molecule has 4 nitrogen and oxygen atoms in total. The van der Waals surface area contributed by atoms with Crippen molar-refractivity contribution in [3.63, 3.8) is 0 Å². The average molecular weight is 359 g/mol. The maximum absolute atomic E-state index is 12.3. The van der Waals surface area contributed by atoms with Gasteiger partial charge in [0.05, 0.1) is 11.5 Å². The third-order valence-electron chi connectivity index (χ3n) is 4.22. The molecule has 1 aliphatic heterocycles. The van der Waals surface area contributed by atoms with Crippen molar-refractivity contribution in [2.24, 2.45) is 10.2 Å². The maximum Gasteiger partial charge on any atom is 0.239 e. The molecule has 4 rings (SSSR count). The highest BCUT2D eigenvalue weighted by Gasteiger charge is 2.30. The van der Waals surface area contributed by atoms with Gasteiger partial charge in [0.25, 0.3) is 0 Å². The van der Waals surface area contributed by atoms with Crippen LogP contribution < -0.4 is 5.32 Å². The van der Waals surface area contributed by atoms with Gasteiger partial charge < -0.3 is 5.32 Å². The quantitative estimate of drug-likeness (QED) is 0.565. The van der Waals surface area contributed by atoms with Crippen LogP contribution in [0, 0.1) is 0 Å². The summed E-state index contributed by atoms with van der Waals surface area (Å²) in [5.74, 6) is -0.0170. The fourth-order valence-electron chi connectivity index (χ4n) is 2.94. The summed E-state index contributed by atoms with van der Waals surface area (Å²) in [4.78, 5) is 12.3. The molecule has 0 spiro atoms. The van der Waals surface area contributed by atoms with Crippen molar-refractivity contribution >= 4 is 39.8 Å². The Morgan fingerprint density at radius 1 is 0.962 bits per heavy atom. The van der Waals surface area contributed by atoms with Crippen molar-refractivity contribution in [3.8, 4) is 0 Å². The second kappa shape index (κ2) is 7.54. The molecule has 0 aromatic heterocycles. The van der Waals surface area contributed by atoms with Gasteiger partial charge in [0.2, 0.25) is 5.91 Å². The van der Waals surface area contributed by atoms with Crippen LogP contribution in [0.5, 0.6) is 0 Å². The Hall–Kier alpha value is -2.92. The zero-order valence-electron chi connectivity index (χ0n) is 14.0. The summed E-state index contributed by atoms with van der Waals surface area (Å²) in [6.07, 6.45) is 2.34. The van der Waals surface area contributed by atoms with E-state index in [1.54, 1.807) is 6.21 Å². The number of nitrogens with one attached hydrogen (secondary N) is 1. The first-order chi connectivity index (χ1) is 12.8. The monoisotopic (exact) mass is 359 g/mol. The molecule has 3 aromatic rings. The van der Waals surface area contributed by atoms with Crippen LogP contribution in [0.3, 0.4) is 0 Å². The Morgan fingerprint density at radius 2 is 1.73 bits per heavy atom. The molecule has 0 unspecified atom stereocenters. The Labute approximate surface area is 156 Å². The highest BCUT2D eigenvalue weighted by Crippen LogP contribution is 2.27. The molecule has 1 fully saturated rings. The molecule has 5 heteroatoms.